The number of H-pyrrole nitrogens is 1. The molecule has 1 aliphatic rings. The Balaban J connectivity index is 1.80. The first kappa shape index (κ1) is 14.8. The second kappa shape index (κ2) is 5.92. The summed E-state index contributed by atoms with van der Waals surface area (Å²) >= 11 is 0. The number of aromatic amines is 1. The molecule has 3 heterocycles. The molecule has 1 N–H and O–H groups in total. The van der Waals surface area contributed by atoms with Crippen LogP contribution in [0.2, 0.25) is 0 Å². The largest absolute Gasteiger partial charge is 0.377 e. The maximum absolute atomic E-state index is 12.7. The molecule has 1 atom stereocenters. The highest BCUT2D eigenvalue weighted by molar-refractivity contribution is 5.76. The van der Waals surface area contributed by atoms with Crippen LogP contribution in [0.5, 0.6) is 0 Å². The van der Waals surface area contributed by atoms with Crippen molar-refractivity contribution in [2.24, 2.45) is 0 Å². The first-order valence-electron chi connectivity index (χ1n) is 7.44. The molecule has 0 spiro atoms. The summed E-state index contributed by atoms with van der Waals surface area (Å²) in [6.07, 6.45) is 1.77. The third kappa shape index (κ3) is 2.76. The van der Waals surface area contributed by atoms with Crippen LogP contribution >= 0.6 is 0 Å². The van der Waals surface area contributed by atoms with Gasteiger partial charge in [-0.2, -0.15) is 10.2 Å². The van der Waals surface area contributed by atoms with Gasteiger partial charge in [0.1, 0.15) is 6.54 Å². The van der Waals surface area contributed by atoms with Crippen LogP contribution in [0.25, 0.3) is 0 Å². The molecule has 7 heteroatoms. The number of aromatic nitrogens is 4. The van der Waals surface area contributed by atoms with Gasteiger partial charge in [-0.1, -0.05) is 0 Å². The van der Waals surface area contributed by atoms with Gasteiger partial charge in [0.15, 0.2) is 0 Å². The van der Waals surface area contributed by atoms with Crippen molar-refractivity contribution in [1.29, 1.82) is 0 Å². The van der Waals surface area contributed by atoms with Crippen LogP contribution in [0.4, 0.5) is 0 Å². The molecule has 0 bridgehead atoms. The topological polar surface area (TPSA) is 76.0 Å². The van der Waals surface area contributed by atoms with Crippen molar-refractivity contribution in [3.63, 3.8) is 0 Å². The lowest BCUT2D eigenvalue weighted by molar-refractivity contribution is -0.141. The number of hydrogen-bond donors (Lipinski definition) is 1. The summed E-state index contributed by atoms with van der Waals surface area (Å²) in [4.78, 5) is 14.6. The number of rotatable bonds is 3. The maximum atomic E-state index is 12.7. The minimum atomic E-state index is -0.110. The van der Waals surface area contributed by atoms with E-state index in [2.05, 4.69) is 15.3 Å². The molecule has 1 amide bonds. The molecule has 1 fully saturated rings. The van der Waals surface area contributed by atoms with Crippen LogP contribution in [0.3, 0.4) is 0 Å². The summed E-state index contributed by atoms with van der Waals surface area (Å²) < 4.78 is 7.31. The lowest BCUT2D eigenvalue weighted by Crippen LogP contribution is -2.45. The maximum Gasteiger partial charge on any atom is 0.245 e. The van der Waals surface area contributed by atoms with Crippen LogP contribution in [-0.4, -0.2) is 50.5 Å². The lowest BCUT2D eigenvalue weighted by atomic mass is 10.1. The molecule has 0 unspecified atom stereocenters. The summed E-state index contributed by atoms with van der Waals surface area (Å²) in [6, 6.07) is 1.86. The minimum absolute atomic E-state index is 0.0495. The Hall–Kier alpha value is -2.15. The van der Waals surface area contributed by atoms with Gasteiger partial charge in [0.2, 0.25) is 5.91 Å². The van der Waals surface area contributed by atoms with E-state index in [4.69, 9.17) is 4.74 Å². The molecule has 0 saturated carbocycles. The number of morpholine rings is 1. The van der Waals surface area contributed by atoms with Crippen molar-refractivity contribution >= 4 is 5.91 Å². The third-order valence-corrected chi connectivity index (χ3v) is 4.04. The molecule has 0 radical (unpaired) electrons. The summed E-state index contributed by atoms with van der Waals surface area (Å²) in [5.41, 5.74) is 3.91. The Labute approximate surface area is 129 Å². The molecule has 1 saturated heterocycles. The summed E-state index contributed by atoms with van der Waals surface area (Å²) in [6.45, 7) is 7.77. The lowest BCUT2D eigenvalue weighted by Gasteiger charge is -2.35. The molecule has 3 rings (SSSR count). The standard InChI is InChI=1S/C15H21N5O2/c1-10-7-16-17-15(10)13-9-22-5-4-19(13)14(21)8-20-12(3)6-11(2)18-20/h6-7,13H,4-5,8-9H2,1-3H3,(H,16,17)/t13-/m1/s1. The number of nitrogens with zero attached hydrogens (tertiary/aromatic N) is 4. The zero-order valence-electron chi connectivity index (χ0n) is 13.2. The van der Waals surface area contributed by atoms with Gasteiger partial charge in [-0.25, -0.2) is 0 Å². The van der Waals surface area contributed by atoms with Crippen LogP contribution in [0.15, 0.2) is 12.3 Å². The van der Waals surface area contributed by atoms with E-state index in [9.17, 15) is 4.79 Å². The number of hydrogen-bond acceptors (Lipinski definition) is 4. The van der Waals surface area contributed by atoms with Crippen LogP contribution < -0.4 is 0 Å². The molecular formula is C15H21N5O2. The smallest absolute Gasteiger partial charge is 0.245 e. The minimum Gasteiger partial charge on any atom is -0.377 e. The SMILES string of the molecule is Cc1cc(C)n(CC(=O)N2CCOC[C@@H]2c2[nH]ncc2C)n1. The van der Waals surface area contributed by atoms with Crippen LogP contribution in [0.1, 0.15) is 28.7 Å². The molecule has 0 aliphatic carbocycles. The van der Waals surface area contributed by atoms with E-state index in [1.807, 2.05) is 31.7 Å². The average molecular weight is 303 g/mol. The van der Waals surface area contributed by atoms with Gasteiger partial charge in [-0.15, -0.1) is 0 Å². The summed E-state index contributed by atoms with van der Waals surface area (Å²) in [5.74, 6) is 0.0495. The highest BCUT2D eigenvalue weighted by Gasteiger charge is 2.31. The van der Waals surface area contributed by atoms with Crippen molar-refractivity contribution < 1.29 is 9.53 Å². The van der Waals surface area contributed by atoms with Gasteiger partial charge in [-0.3, -0.25) is 14.6 Å². The number of carbonyl (C=O) groups excluding carboxylic acids is 1. The number of ether oxygens (including phenoxy) is 1. The first-order valence-corrected chi connectivity index (χ1v) is 7.44. The van der Waals surface area contributed by atoms with E-state index >= 15 is 0 Å². The Morgan fingerprint density at radius 3 is 2.91 bits per heavy atom. The Morgan fingerprint density at radius 1 is 1.45 bits per heavy atom. The van der Waals surface area contributed by atoms with Gasteiger partial charge in [0.05, 0.1) is 36.8 Å². The highest BCUT2D eigenvalue weighted by atomic mass is 16.5. The second-order valence-electron chi connectivity index (χ2n) is 5.73. The third-order valence-electron chi connectivity index (χ3n) is 4.04. The molecule has 0 aromatic carbocycles. The normalized spacial score (nSPS) is 18.7. The van der Waals surface area contributed by atoms with Crippen molar-refractivity contribution in [3.05, 3.63) is 34.9 Å². The molecule has 2 aromatic rings. The number of nitrogens with one attached hydrogen (secondary N) is 1. The van der Waals surface area contributed by atoms with Crippen LogP contribution in [-0.2, 0) is 16.1 Å². The van der Waals surface area contributed by atoms with Crippen molar-refractivity contribution in [2.75, 3.05) is 19.8 Å². The van der Waals surface area contributed by atoms with E-state index in [0.29, 0.717) is 19.8 Å². The zero-order chi connectivity index (χ0) is 15.7. The highest BCUT2D eigenvalue weighted by Crippen LogP contribution is 2.25. The van der Waals surface area contributed by atoms with Gasteiger partial charge >= 0.3 is 0 Å². The molecule has 1 aliphatic heterocycles. The molecule has 22 heavy (non-hydrogen) atoms. The molecular weight excluding hydrogens is 282 g/mol. The van der Waals surface area contributed by atoms with Gasteiger partial charge in [0, 0.05) is 12.2 Å². The fraction of sp³-hybridized carbons (Fsp3) is 0.533. The zero-order valence-corrected chi connectivity index (χ0v) is 13.2. The number of carbonyl (C=O) groups is 1. The Kier molecular flexibility index (Phi) is 3.98. The number of aryl methyl sites for hydroxylation is 3. The van der Waals surface area contributed by atoms with Crippen LogP contribution in [0, 0.1) is 20.8 Å². The predicted molar refractivity (Wildman–Crippen MR) is 80.3 cm³/mol. The predicted octanol–water partition coefficient (Wildman–Crippen LogP) is 1.13. The second-order valence-corrected chi connectivity index (χ2v) is 5.73. The fourth-order valence-corrected chi connectivity index (χ4v) is 2.89. The average Bonchev–Trinajstić information content (AvgIpc) is 3.04. The monoisotopic (exact) mass is 303 g/mol. The molecule has 118 valence electrons. The van der Waals surface area contributed by atoms with Gasteiger partial charge in [0.25, 0.3) is 0 Å². The van der Waals surface area contributed by atoms with Gasteiger partial charge in [-0.05, 0) is 32.4 Å². The molecule has 7 nitrogen and oxygen atoms in total. The van der Waals surface area contributed by atoms with Crippen molar-refractivity contribution in [3.8, 4) is 0 Å². The van der Waals surface area contributed by atoms with Gasteiger partial charge < -0.3 is 9.64 Å². The Bertz CT molecular complexity index is 675. The van der Waals surface area contributed by atoms with Crippen molar-refractivity contribution in [1.82, 2.24) is 24.9 Å². The fourth-order valence-electron chi connectivity index (χ4n) is 2.89. The van der Waals surface area contributed by atoms with Crippen molar-refractivity contribution in [2.45, 2.75) is 33.4 Å². The number of amides is 1. The first-order chi connectivity index (χ1) is 10.6. The van der Waals surface area contributed by atoms with E-state index < -0.39 is 0 Å². The van der Waals surface area contributed by atoms with E-state index in [1.54, 1.807) is 10.9 Å². The summed E-state index contributed by atoms with van der Waals surface area (Å²) in [5, 5.41) is 11.4. The van der Waals surface area contributed by atoms with E-state index in [1.165, 1.54) is 0 Å². The summed E-state index contributed by atoms with van der Waals surface area (Å²) in [7, 11) is 0. The Morgan fingerprint density at radius 2 is 2.27 bits per heavy atom. The molecule has 2 aromatic heterocycles. The quantitative estimate of drug-likeness (QED) is 0.922. The van der Waals surface area contributed by atoms with E-state index in [-0.39, 0.29) is 18.5 Å². The van der Waals surface area contributed by atoms with E-state index in [0.717, 1.165) is 22.6 Å².